The molecule has 1 aromatic heterocycles. The maximum absolute atomic E-state index is 12.3. The van der Waals surface area contributed by atoms with E-state index in [2.05, 4.69) is 15.9 Å². The van der Waals surface area contributed by atoms with Gasteiger partial charge in [-0.05, 0) is 34.8 Å². The third-order valence-electron chi connectivity index (χ3n) is 2.46. The van der Waals surface area contributed by atoms with Gasteiger partial charge in [0, 0.05) is 12.6 Å². The van der Waals surface area contributed by atoms with Crippen LogP contribution in [0.3, 0.4) is 0 Å². The van der Waals surface area contributed by atoms with Gasteiger partial charge in [-0.1, -0.05) is 11.6 Å². The lowest BCUT2D eigenvalue weighted by Gasteiger charge is -2.19. The molecular weight excluding hydrogens is 350 g/mol. The number of thiophene rings is 1. The molecule has 0 saturated heterocycles. The van der Waals surface area contributed by atoms with E-state index in [1.54, 1.807) is 0 Å². The number of aliphatic hydroxyl groups excluding tert-OH is 1. The second kappa shape index (κ2) is 5.14. The van der Waals surface area contributed by atoms with Gasteiger partial charge in [0.25, 0.3) is 10.0 Å². The summed E-state index contributed by atoms with van der Waals surface area (Å²) in [5.74, 6) is 0. The molecule has 4 nitrogen and oxygen atoms in total. The van der Waals surface area contributed by atoms with Crippen molar-refractivity contribution in [3.05, 3.63) is 14.9 Å². The van der Waals surface area contributed by atoms with E-state index in [0.717, 1.165) is 24.2 Å². The first-order valence-corrected chi connectivity index (χ1v) is 8.47. The Morgan fingerprint density at radius 2 is 2.24 bits per heavy atom. The molecule has 1 aliphatic carbocycles. The van der Waals surface area contributed by atoms with Crippen LogP contribution in [-0.4, -0.2) is 37.0 Å². The predicted molar refractivity (Wildman–Crippen MR) is 71.0 cm³/mol. The topological polar surface area (TPSA) is 57.6 Å². The normalized spacial score (nSPS) is 16.7. The molecule has 1 aliphatic rings. The average Bonchev–Trinajstić information content (AvgIpc) is 3.03. The number of nitrogens with zero attached hydrogens (tertiary/aromatic N) is 1. The van der Waals surface area contributed by atoms with Crippen molar-refractivity contribution in [1.29, 1.82) is 0 Å². The first-order valence-electron chi connectivity index (χ1n) is 5.04. The van der Waals surface area contributed by atoms with E-state index in [9.17, 15) is 8.42 Å². The number of hydrogen-bond donors (Lipinski definition) is 1. The van der Waals surface area contributed by atoms with Gasteiger partial charge in [-0.3, -0.25) is 0 Å². The van der Waals surface area contributed by atoms with Gasteiger partial charge < -0.3 is 5.11 Å². The van der Waals surface area contributed by atoms with Gasteiger partial charge in [0.05, 0.1) is 15.4 Å². The number of sulfonamides is 1. The van der Waals surface area contributed by atoms with Crippen LogP contribution in [0.2, 0.25) is 5.02 Å². The monoisotopic (exact) mass is 359 g/mol. The lowest BCUT2D eigenvalue weighted by Crippen LogP contribution is -2.35. The second-order valence-electron chi connectivity index (χ2n) is 3.76. The number of hydrogen-bond acceptors (Lipinski definition) is 4. The average molecular weight is 361 g/mol. The van der Waals surface area contributed by atoms with Crippen LogP contribution in [-0.2, 0) is 10.0 Å². The second-order valence-corrected chi connectivity index (χ2v) is 8.65. The molecule has 0 atom stereocenters. The van der Waals surface area contributed by atoms with Crippen molar-refractivity contribution in [1.82, 2.24) is 4.31 Å². The molecule has 0 aromatic carbocycles. The summed E-state index contributed by atoms with van der Waals surface area (Å²) in [6, 6.07) is 1.48. The van der Waals surface area contributed by atoms with Crippen molar-refractivity contribution >= 4 is 48.9 Å². The maximum Gasteiger partial charge on any atom is 0.252 e. The van der Waals surface area contributed by atoms with Gasteiger partial charge in [0.1, 0.15) is 4.21 Å². The molecule has 0 radical (unpaired) electrons. The zero-order chi connectivity index (χ0) is 12.6. The third-order valence-corrected chi connectivity index (χ3v) is 7.34. The number of rotatable bonds is 5. The Bertz CT molecular complexity index is 493. The van der Waals surface area contributed by atoms with Crippen molar-refractivity contribution < 1.29 is 13.5 Å². The lowest BCUT2D eigenvalue weighted by molar-refractivity contribution is 0.250. The summed E-state index contributed by atoms with van der Waals surface area (Å²) >= 11 is 10.1. The van der Waals surface area contributed by atoms with Crippen LogP contribution in [0.4, 0.5) is 0 Å². The number of aliphatic hydroxyl groups is 1. The van der Waals surface area contributed by atoms with E-state index >= 15 is 0 Å². The molecule has 17 heavy (non-hydrogen) atoms. The highest BCUT2D eigenvalue weighted by Gasteiger charge is 2.38. The summed E-state index contributed by atoms with van der Waals surface area (Å²) < 4.78 is 26.8. The fourth-order valence-corrected chi connectivity index (χ4v) is 5.73. The Morgan fingerprint density at radius 1 is 1.59 bits per heavy atom. The Balaban J connectivity index is 2.33. The van der Waals surface area contributed by atoms with E-state index in [1.807, 2.05) is 0 Å². The lowest BCUT2D eigenvalue weighted by atomic mass is 10.6. The van der Waals surface area contributed by atoms with Crippen molar-refractivity contribution in [2.45, 2.75) is 23.1 Å². The summed E-state index contributed by atoms with van der Waals surface area (Å²) in [7, 11) is -3.52. The molecule has 1 fully saturated rings. The van der Waals surface area contributed by atoms with E-state index in [1.165, 1.54) is 10.4 Å². The standard InChI is InChI=1S/C9H11BrClNO3S2/c10-9-7(11)5-8(16-9)17(14,15)12(3-4-13)6-1-2-6/h5-6,13H,1-4H2. The van der Waals surface area contributed by atoms with E-state index < -0.39 is 10.0 Å². The molecular formula is C9H11BrClNO3S2. The van der Waals surface area contributed by atoms with E-state index in [0.29, 0.717) is 8.81 Å². The molecule has 8 heteroatoms. The van der Waals surface area contributed by atoms with Crippen LogP contribution >= 0.6 is 38.9 Å². The minimum atomic E-state index is -3.52. The summed E-state index contributed by atoms with van der Waals surface area (Å²) in [4.78, 5) is 0. The van der Waals surface area contributed by atoms with Gasteiger partial charge in [-0.2, -0.15) is 4.31 Å². The first kappa shape index (κ1) is 13.8. The third kappa shape index (κ3) is 2.85. The SMILES string of the molecule is O=S(=O)(c1cc(Cl)c(Br)s1)N(CCO)C1CC1. The minimum Gasteiger partial charge on any atom is -0.395 e. The summed E-state index contributed by atoms with van der Waals surface area (Å²) in [6.07, 6.45) is 1.72. The van der Waals surface area contributed by atoms with Crippen LogP contribution < -0.4 is 0 Å². The summed E-state index contributed by atoms with van der Waals surface area (Å²) in [5.41, 5.74) is 0. The summed E-state index contributed by atoms with van der Waals surface area (Å²) in [5, 5.41) is 9.34. The van der Waals surface area contributed by atoms with Crippen LogP contribution in [0.15, 0.2) is 14.1 Å². The first-order chi connectivity index (χ1) is 7.96. The zero-order valence-electron chi connectivity index (χ0n) is 8.77. The molecule has 1 N–H and O–H groups in total. The molecule has 0 bridgehead atoms. The molecule has 96 valence electrons. The van der Waals surface area contributed by atoms with Crippen molar-refractivity contribution in [2.24, 2.45) is 0 Å². The highest BCUT2D eigenvalue weighted by molar-refractivity contribution is 9.11. The fourth-order valence-electron chi connectivity index (χ4n) is 1.53. The molecule has 0 aliphatic heterocycles. The van der Waals surface area contributed by atoms with Gasteiger partial charge in [0.2, 0.25) is 0 Å². The van der Waals surface area contributed by atoms with Gasteiger partial charge in [0.15, 0.2) is 0 Å². The highest BCUT2D eigenvalue weighted by atomic mass is 79.9. The quantitative estimate of drug-likeness (QED) is 0.876. The van der Waals surface area contributed by atoms with Crippen LogP contribution in [0, 0.1) is 0 Å². The highest BCUT2D eigenvalue weighted by Crippen LogP contribution is 2.38. The number of halogens is 2. The van der Waals surface area contributed by atoms with Gasteiger partial charge >= 0.3 is 0 Å². The fraction of sp³-hybridized carbons (Fsp3) is 0.556. The molecule has 0 spiro atoms. The maximum atomic E-state index is 12.3. The van der Waals surface area contributed by atoms with E-state index in [-0.39, 0.29) is 23.4 Å². The molecule has 1 saturated carbocycles. The van der Waals surface area contributed by atoms with Gasteiger partial charge in [-0.25, -0.2) is 8.42 Å². The molecule has 0 amide bonds. The Morgan fingerprint density at radius 3 is 2.65 bits per heavy atom. The molecule has 1 heterocycles. The Labute approximate surface area is 117 Å². The van der Waals surface area contributed by atoms with E-state index in [4.69, 9.17) is 16.7 Å². The van der Waals surface area contributed by atoms with Crippen LogP contribution in [0.25, 0.3) is 0 Å². The summed E-state index contributed by atoms with van der Waals surface area (Å²) in [6.45, 7) is -0.0316. The van der Waals surface area contributed by atoms with Crippen molar-refractivity contribution in [3.8, 4) is 0 Å². The molecule has 0 unspecified atom stereocenters. The Kier molecular flexibility index (Phi) is 4.16. The predicted octanol–water partition coefficient (Wildman–Crippen LogP) is 2.31. The van der Waals surface area contributed by atoms with Crippen LogP contribution in [0.5, 0.6) is 0 Å². The Hall–Kier alpha value is 0.340. The zero-order valence-corrected chi connectivity index (χ0v) is 12.7. The smallest absolute Gasteiger partial charge is 0.252 e. The van der Waals surface area contributed by atoms with Crippen LogP contribution in [0.1, 0.15) is 12.8 Å². The minimum absolute atomic E-state index is 0.0341. The van der Waals surface area contributed by atoms with Crippen molar-refractivity contribution in [3.63, 3.8) is 0 Å². The largest absolute Gasteiger partial charge is 0.395 e. The molecule has 2 rings (SSSR count). The molecule has 1 aromatic rings. The van der Waals surface area contributed by atoms with Gasteiger partial charge in [-0.15, -0.1) is 11.3 Å². The van der Waals surface area contributed by atoms with Crippen molar-refractivity contribution in [2.75, 3.05) is 13.2 Å².